The van der Waals surface area contributed by atoms with Gasteiger partial charge in [0.15, 0.2) is 0 Å². The first-order valence-corrected chi connectivity index (χ1v) is 5.96. The number of rotatable bonds is 2. The van der Waals surface area contributed by atoms with Gasteiger partial charge in [0.2, 0.25) is 0 Å². The van der Waals surface area contributed by atoms with Crippen LogP contribution in [0.2, 0.25) is 0 Å². The van der Waals surface area contributed by atoms with E-state index in [1.165, 1.54) is 11.1 Å². The SMILES string of the molecule is CC1=C/C(=C\NC2C#CCC(C)=CC2)NC=C1. The van der Waals surface area contributed by atoms with Crippen molar-refractivity contribution in [1.29, 1.82) is 0 Å². The van der Waals surface area contributed by atoms with Crippen LogP contribution in [0.25, 0.3) is 0 Å². The van der Waals surface area contributed by atoms with Crippen molar-refractivity contribution in [3.8, 4) is 11.8 Å². The molecule has 0 saturated heterocycles. The van der Waals surface area contributed by atoms with Crippen LogP contribution in [-0.4, -0.2) is 6.04 Å². The Hall–Kier alpha value is -1.88. The van der Waals surface area contributed by atoms with Gasteiger partial charge >= 0.3 is 0 Å². The molecule has 1 heterocycles. The second-order valence-corrected chi connectivity index (χ2v) is 4.47. The van der Waals surface area contributed by atoms with Gasteiger partial charge in [-0.1, -0.05) is 23.5 Å². The Morgan fingerprint density at radius 1 is 1.47 bits per heavy atom. The van der Waals surface area contributed by atoms with Gasteiger partial charge in [0.05, 0.1) is 11.7 Å². The van der Waals surface area contributed by atoms with Gasteiger partial charge in [-0.25, -0.2) is 0 Å². The zero-order valence-corrected chi connectivity index (χ0v) is 10.4. The van der Waals surface area contributed by atoms with Crippen LogP contribution in [-0.2, 0) is 0 Å². The second kappa shape index (κ2) is 5.45. The van der Waals surface area contributed by atoms with Crippen LogP contribution >= 0.6 is 0 Å². The summed E-state index contributed by atoms with van der Waals surface area (Å²) in [5.41, 5.74) is 3.69. The maximum atomic E-state index is 3.35. The first-order valence-electron chi connectivity index (χ1n) is 5.96. The molecule has 0 amide bonds. The molecular formula is C15H18N2. The molecule has 2 N–H and O–H groups in total. The Labute approximate surface area is 103 Å². The smallest absolute Gasteiger partial charge is 0.0908 e. The fraction of sp³-hybridized carbons (Fsp3) is 0.333. The molecule has 1 aliphatic carbocycles. The zero-order valence-electron chi connectivity index (χ0n) is 10.4. The summed E-state index contributed by atoms with van der Waals surface area (Å²) in [4.78, 5) is 0. The highest BCUT2D eigenvalue weighted by Gasteiger charge is 2.04. The monoisotopic (exact) mass is 226 g/mol. The number of dihydropyridines is 1. The van der Waals surface area contributed by atoms with Gasteiger partial charge in [-0.15, -0.1) is 0 Å². The molecule has 0 radical (unpaired) electrons. The molecule has 17 heavy (non-hydrogen) atoms. The van der Waals surface area contributed by atoms with Crippen LogP contribution in [0.4, 0.5) is 0 Å². The number of hydrogen-bond acceptors (Lipinski definition) is 2. The van der Waals surface area contributed by atoms with E-state index in [4.69, 9.17) is 0 Å². The topological polar surface area (TPSA) is 24.1 Å². The summed E-state index contributed by atoms with van der Waals surface area (Å²) < 4.78 is 0. The van der Waals surface area contributed by atoms with Gasteiger partial charge < -0.3 is 10.6 Å². The van der Waals surface area contributed by atoms with E-state index in [0.717, 1.165) is 18.5 Å². The summed E-state index contributed by atoms with van der Waals surface area (Å²) in [6.07, 6.45) is 12.2. The van der Waals surface area contributed by atoms with Gasteiger partial charge in [-0.05, 0) is 38.0 Å². The average molecular weight is 226 g/mol. The molecule has 0 saturated carbocycles. The summed E-state index contributed by atoms with van der Waals surface area (Å²) in [5, 5.41) is 6.54. The summed E-state index contributed by atoms with van der Waals surface area (Å²) in [5.74, 6) is 6.42. The maximum absolute atomic E-state index is 3.35. The van der Waals surface area contributed by atoms with Gasteiger partial charge in [0.1, 0.15) is 0 Å². The standard InChI is InChI=1S/C15H18N2/c1-12-4-3-5-14(7-6-12)17-11-15-10-13(2)8-9-16-15/h6,8-11,14,16-17H,4,7H2,1-2H3/b15-11+. The molecule has 0 spiro atoms. The summed E-state index contributed by atoms with van der Waals surface area (Å²) in [6.45, 7) is 4.22. The molecule has 0 aromatic rings. The fourth-order valence-corrected chi connectivity index (χ4v) is 1.75. The summed E-state index contributed by atoms with van der Waals surface area (Å²) in [7, 11) is 0. The Morgan fingerprint density at radius 3 is 3.18 bits per heavy atom. The van der Waals surface area contributed by atoms with Gasteiger partial charge in [-0.3, -0.25) is 0 Å². The highest BCUT2D eigenvalue weighted by Crippen LogP contribution is 2.08. The highest BCUT2D eigenvalue weighted by molar-refractivity contribution is 5.33. The van der Waals surface area contributed by atoms with Crippen LogP contribution in [0.5, 0.6) is 0 Å². The minimum absolute atomic E-state index is 0.223. The quantitative estimate of drug-likeness (QED) is 0.558. The van der Waals surface area contributed by atoms with Crippen molar-refractivity contribution < 1.29 is 0 Å². The lowest BCUT2D eigenvalue weighted by Crippen LogP contribution is -2.23. The highest BCUT2D eigenvalue weighted by atomic mass is 14.9. The van der Waals surface area contributed by atoms with Crippen molar-refractivity contribution in [3.63, 3.8) is 0 Å². The van der Waals surface area contributed by atoms with E-state index in [1.54, 1.807) is 0 Å². The van der Waals surface area contributed by atoms with E-state index < -0.39 is 0 Å². The molecule has 0 aromatic heterocycles. The lowest BCUT2D eigenvalue weighted by molar-refractivity contribution is 0.724. The van der Waals surface area contributed by atoms with E-state index in [-0.39, 0.29) is 6.04 Å². The Kier molecular flexibility index (Phi) is 3.72. The van der Waals surface area contributed by atoms with E-state index in [2.05, 4.69) is 54.5 Å². The molecule has 88 valence electrons. The van der Waals surface area contributed by atoms with Crippen molar-refractivity contribution in [3.05, 3.63) is 47.5 Å². The Balaban J connectivity index is 1.96. The molecule has 1 aliphatic heterocycles. The van der Waals surface area contributed by atoms with E-state index in [1.807, 2.05) is 12.4 Å². The first kappa shape index (κ1) is 11.6. The average Bonchev–Trinajstić information content (AvgIpc) is 2.52. The zero-order chi connectivity index (χ0) is 12.1. The molecule has 1 unspecified atom stereocenters. The van der Waals surface area contributed by atoms with Gasteiger partial charge in [-0.2, -0.15) is 0 Å². The van der Waals surface area contributed by atoms with E-state index >= 15 is 0 Å². The molecule has 2 aliphatic rings. The predicted octanol–water partition coefficient (Wildman–Crippen LogP) is 2.59. The van der Waals surface area contributed by atoms with E-state index in [0.29, 0.717) is 0 Å². The molecule has 0 fully saturated rings. The molecule has 2 nitrogen and oxygen atoms in total. The normalized spacial score (nSPS) is 25.1. The van der Waals surface area contributed by atoms with Crippen molar-refractivity contribution in [1.82, 2.24) is 10.6 Å². The van der Waals surface area contributed by atoms with E-state index in [9.17, 15) is 0 Å². The van der Waals surface area contributed by atoms with Gasteiger partial charge in [0.25, 0.3) is 0 Å². The maximum Gasteiger partial charge on any atom is 0.0908 e. The van der Waals surface area contributed by atoms with Crippen molar-refractivity contribution in [2.24, 2.45) is 0 Å². The van der Waals surface area contributed by atoms with Crippen LogP contribution in [0.3, 0.4) is 0 Å². The van der Waals surface area contributed by atoms with Crippen molar-refractivity contribution in [2.45, 2.75) is 32.7 Å². The number of hydrogen-bond donors (Lipinski definition) is 2. The van der Waals surface area contributed by atoms with Gasteiger partial charge in [0, 0.05) is 18.8 Å². The third-order valence-corrected chi connectivity index (χ3v) is 2.76. The fourth-order valence-electron chi connectivity index (χ4n) is 1.75. The minimum atomic E-state index is 0.223. The van der Waals surface area contributed by atoms with Crippen LogP contribution < -0.4 is 10.6 Å². The Morgan fingerprint density at radius 2 is 2.35 bits per heavy atom. The molecule has 0 aromatic carbocycles. The van der Waals surface area contributed by atoms with Crippen LogP contribution in [0.15, 0.2) is 47.5 Å². The molecular weight excluding hydrogens is 208 g/mol. The second-order valence-electron chi connectivity index (χ2n) is 4.47. The first-order chi connectivity index (χ1) is 8.24. The number of nitrogens with one attached hydrogen (secondary N) is 2. The summed E-state index contributed by atoms with van der Waals surface area (Å²) >= 11 is 0. The number of allylic oxidation sites excluding steroid dienone is 4. The Bertz CT molecular complexity index is 467. The third-order valence-electron chi connectivity index (χ3n) is 2.76. The molecule has 1 atom stereocenters. The van der Waals surface area contributed by atoms with Crippen LogP contribution in [0.1, 0.15) is 26.7 Å². The van der Waals surface area contributed by atoms with Crippen LogP contribution in [0, 0.1) is 11.8 Å². The minimum Gasteiger partial charge on any atom is -0.376 e. The molecule has 0 bridgehead atoms. The third kappa shape index (κ3) is 3.57. The molecule has 2 heteroatoms. The van der Waals surface area contributed by atoms with Crippen molar-refractivity contribution >= 4 is 0 Å². The summed E-state index contributed by atoms with van der Waals surface area (Å²) in [6, 6.07) is 0.223. The molecule has 2 rings (SSSR count). The largest absolute Gasteiger partial charge is 0.376 e. The predicted molar refractivity (Wildman–Crippen MR) is 71.8 cm³/mol. The van der Waals surface area contributed by atoms with Crippen molar-refractivity contribution in [2.75, 3.05) is 0 Å². The lowest BCUT2D eigenvalue weighted by Gasteiger charge is -2.12. The lowest BCUT2D eigenvalue weighted by atomic mass is 10.1.